The van der Waals surface area contributed by atoms with Gasteiger partial charge in [0.2, 0.25) is 0 Å². The molecule has 0 aliphatic heterocycles. The van der Waals surface area contributed by atoms with Crippen molar-refractivity contribution in [3.05, 3.63) is 42.5 Å². The van der Waals surface area contributed by atoms with Crippen LogP contribution >= 0.6 is 0 Å². The highest BCUT2D eigenvalue weighted by molar-refractivity contribution is 7.89. The number of fused-ring (bicyclic) bond motifs is 1. The third kappa shape index (κ3) is 2.52. The predicted octanol–water partition coefficient (Wildman–Crippen LogP) is 2.03. The molecule has 0 aliphatic rings. The van der Waals surface area contributed by atoms with Crippen molar-refractivity contribution in [3.8, 4) is 0 Å². The summed E-state index contributed by atoms with van der Waals surface area (Å²) in [7, 11) is -4.03. The van der Waals surface area contributed by atoms with Gasteiger partial charge in [0.1, 0.15) is 0 Å². The van der Waals surface area contributed by atoms with E-state index in [1.54, 1.807) is 25.1 Å². The zero-order valence-corrected chi connectivity index (χ0v) is 11.9. The molecule has 5 nitrogen and oxygen atoms in total. The van der Waals surface area contributed by atoms with Crippen LogP contribution in [0.25, 0.3) is 10.8 Å². The first-order chi connectivity index (χ1) is 9.48. The second kappa shape index (κ2) is 5.60. The number of benzene rings is 2. The summed E-state index contributed by atoms with van der Waals surface area (Å²) in [6.07, 6.45) is 0.637. The summed E-state index contributed by atoms with van der Waals surface area (Å²) in [4.78, 5) is 11.8. The molecule has 0 heterocycles. The van der Waals surface area contributed by atoms with Crippen molar-refractivity contribution in [1.29, 1.82) is 0 Å². The van der Waals surface area contributed by atoms with Crippen LogP contribution in [0.15, 0.2) is 47.4 Å². The number of carbonyl (C=O) groups excluding carboxylic acids is 1. The van der Waals surface area contributed by atoms with Crippen LogP contribution in [0.5, 0.6) is 0 Å². The number of hydrogen-bond donors (Lipinski definition) is 1. The van der Waals surface area contributed by atoms with E-state index in [-0.39, 0.29) is 11.3 Å². The molecule has 0 saturated carbocycles. The molecule has 2 rings (SSSR count). The van der Waals surface area contributed by atoms with Gasteiger partial charge in [0.25, 0.3) is 15.9 Å². The lowest BCUT2D eigenvalue weighted by Crippen LogP contribution is -2.42. The van der Waals surface area contributed by atoms with Gasteiger partial charge in [0.05, 0.1) is 4.90 Å². The Hall–Kier alpha value is -1.92. The van der Waals surface area contributed by atoms with Gasteiger partial charge in [0.15, 0.2) is 0 Å². The molecule has 0 unspecified atom stereocenters. The number of hydrogen-bond acceptors (Lipinski definition) is 4. The fourth-order valence-corrected chi connectivity index (χ4v) is 3.27. The maximum absolute atomic E-state index is 12.4. The lowest BCUT2D eigenvalue weighted by atomic mass is 10.1. The van der Waals surface area contributed by atoms with Gasteiger partial charge in [-0.05, 0) is 17.9 Å². The van der Waals surface area contributed by atoms with Crippen molar-refractivity contribution < 1.29 is 13.2 Å². The van der Waals surface area contributed by atoms with Crippen LogP contribution in [0.3, 0.4) is 0 Å². The first-order valence-corrected chi connectivity index (χ1v) is 7.73. The van der Waals surface area contributed by atoms with Crippen molar-refractivity contribution in [1.82, 2.24) is 4.41 Å². The number of sulfonamides is 1. The van der Waals surface area contributed by atoms with Crippen LogP contribution < -0.4 is 5.84 Å². The molecule has 0 atom stereocenters. The molecule has 2 aromatic carbocycles. The van der Waals surface area contributed by atoms with Gasteiger partial charge in [-0.25, -0.2) is 5.84 Å². The largest absolute Gasteiger partial charge is 0.280 e. The normalized spacial score (nSPS) is 11.5. The minimum Gasteiger partial charge on any atom is -0.272 e. The third-order valence-electron chi connectivity index (χ3n) is 3.00. The molecule has 106 valence electrons. The number of rotatable bonds is 4. The zero-order valence-electron chi connectivity index (χ0n) is 11.1. The number of amides is 1. The summed E-state index contributed by atoms with van der Waals surface area (Å²) in [5, 5.41) is 1.33. The second-order valence-electron chi connectivity index (χ2n) is 4.42. The monoisotopic (exact) mass is 292 g/mol. The SMILES string of the molecule is CCCC(=O)N(N)S(=O)(=O)c1cccc2ccccc12. The first kappa shape index (κ1) is 14.5. The van der Waals surface area contributed by atoms with Crippen molar-refractivity contribution in [3.63, 3.8) is 0 Å². The summed E-state index contributed by atoms with van der Waals surface area (Å²) in [5.74, 6) is 4.89. The van der Waals surface area contributed by atoms with E-state index in [2.05, 4.69) is 0 Å². The molecule has 6 heteroatoms. The van der Waals surface area contributed by atoms with E-state index in [0.717, 1.165) is 5.39 Å². The van der Waals surface area contributed by atoms with Gasteiger partial charge in [-0.1, -0.05) is 43.3 Å². The van der Waals surface area contributed by atoms with Crippen molar-refractivity contribution in [2.24, 2.45) is 5.84 Å². The molecule has 2 aromatic rings. The highest BCUT2D eigenvalue weighted by atomic mass is 32.2. The molecule has 0 aromatic heterocycles. The Morgan fingerprint density at radius 3 is 2.50 bits per heavy atom. The molecule has 0 fully saturated rings. The number of nitrogens with two attached hydrogens (primary N) is 1. The Labute approximate surface area is 118 Å². The molecular formula is C14H16N2O3S. The van der Waals surface area contributed by atoms with Crippen LogP contribution in [0.4, 0.5) is 0 Å². The molecule has 0 aliphatic carbocycles. The summed E-state index contributed by atoms with van der Waals surface area (Å²) < 4.78 is 25.2. The first-order valence-electron chi connectivity index (χ1n) is 6.29. The molecule has 0 bridgehead atoms. The van der Waals surface area contributed by atoms with E-state index < -0.39 is 15.9 Å². The van der Waals surface area contributed by atoms with Crippen molar-refractivity contribution in [2.75, 3.05) is 0 Å². The fourth-order valence-electron chi connectivity index (χ4n) is 1.98. The molecule has 20 heavy (non-hydrogen) atoms. The maximum atomic E-state index is 12.4. The van der Waals surface area contributed by atoms with Gasteiger partial charge < -0.3 is 0 Å². The van der Waals surface area contributed by atoms with Gasteiger partial charge in [-0.15, -0.1) is 0 Å². The van der Waals surface area contributed by atoms with Crippen LogP contribution in [0, 0.1) is 0 Å². The summed E-state index contributed by atoms with van der Waals surface area (Å²) >= 11 is 0. The Morgan fingerprint density at radius 1 is 1.15 bits per heavy atom. The molecule has 0 spiro atoms. The van der Waals surface area contributed by atoms with Gasteiger partial charge in [0, 0.05) is 11.8 Å². The van der Waals surface area contributed by atoms with E-state index in [1.807, 2.05) is 18.2 Å². The summed E-state index contributed by atoms with van der Waals surface area (Å²) in [6.45, 7) is 1.79. The third-order valence-corrected chi connectivity index (χ3v) is 4.63. The van der Waals surface area contributed by atoms with Crippen LogP contribution in [0.2, 0.25) is 0 Å². The van der Waals surface area contributed by atoms with Gasteiger partial charge in [-0.3, -0.25) is 4.79 Å². The maximum Gasteiger partial charge on any atom is 0.280 e. The Balaban J connectivity index is 2.55. The average Bonchev–Trinajstić information content (AvgIpc) is 2.46. The second-order valence-corrected chi connectivity index (χ2v) is 6.21. The van der Waals surface area contributed by atoms with Gasteiger partial charge >= 0.3 is 0 Å². The van der Waals surface area contributed by atoms with Crippen molar-refractivity contribution in [2.45, 2.75) is 24.7 Å². The Morgan fingerprint density at radius 2 is 1.80 bits per heavy atom. The van der Waals surface area contributed by atoms with E-state index in [0.29, 0.717) is 16.2 Å². The molecule has 2 N–H and O–H groups in total. The summed E-state index contributed by atoms with van der Waals surface area (Å²) in [5.41, 5.74) is 0. The highest BCUT2D eigenvalue weighted by Crippen LogP contribution is 2.24. The number of carbonyl (C=O) groups is 1. The molecular weight excluding hydrogens is 276 g/mol. The van der Waals surface area contributed by atoms with Crippen LogP contribution in [0.1, 0.15) is 19.8 Å². The van der Waals surface area contributed by atoms with Crippen molar-refractivity contribution >= 4 is 26.7 Å². The smallest absolute Gasteiger partial charge is 0.272 e. The standard InChI is InChI=1S/C14H16N2O3S/c1-2-6-14(17)16(15)20(18,19)13-10-5-8-11-7-3-4-9-12(11)13/h3-5,7-10H,2,6,15H2,1H3. The summed E-state index contributed by atoms with van der Waals surface area (Å²) in [6, 6.07) is 12.0. The highest BCUT2D eigenvalue weighted by Gasteiger charge is 2.27. The van der Waals surface area contributed by atoms with E-state index in [4.69, 9.17) is 5.84 Å². The Bertz CT molecular complexity index is 736. The average molecular weight is 292 g/mol. The lowest BCUT2D eigenvalue weighted by molar-refractivity contribution is -0.126. The molecule has 0 radical (unpaired) electrons. The quantitative estimate of drug-likeness (QED) is 0.531. The topological polar surface area (TPSA) is 80.5 Å². The predicted molar refractivity (Wildman–Crippen MR) is 77.1 cm³/mol. The minimum absolute atomic E-state index is 0.0440. The minimum atomic E-state index is -4.03. The fraction of sp³-hybridized carbons (Fsp3) is 0.214. The lowest BCUT2D eigenvalue weighted by Gasteiger charge is -2.17. The van der Waals surface area contributed by atoms with Gasteiger partial charge in [-0.2, -0.15) is 12.8 Å². The van der Waals surface area contributed by atoms with E-state index in [1.165, 1.54) is 6.07 Å². The van der Waals surface area contributed by atoms with Crippen LogP contribution in [-0.4, -0.2) is 18.7 Å². The Kier molecular flexibility index (Phi) is 4.06. The number of nitrogens with zero attached hydrogens (tertiary/aromatic N) is 1. The van der Waals surface area contributed by atoms with E-state index in [9.17, 15) is 13.2 Å². The molecule has 0 saturated heterocycles. The molecule has 1 amide bonds. The zero-order chi connectivity index (χ0) is 14.8. The van der Waals surface area contributed by atoms with E-state index >= 15 is 0 Å². The number of hydrazine groups is 1. The van der Waals surface area contributed by atoms with Crippen LogP contribution in [-0.2, 0) is 14.8 Å².